The number of hydrogen-bond acceptors (Lipinski definition) is 4. The first-order valence-corrected chi connectivity index (χ1v) is 4.90. The standard InChI is InChI=1S/C9H18N2O2/c10-8(9(12)13-11)6-7-4-2-1-3-5-7/h7-8H,1-6,10-11H2. The van der Waals surface area contributed by atoms with E-state index < -0.39 is 12.0 Å². The van der Waals surface area contributed by atoms with Gasteiger partial charge in [-0.25, -0.2) is 4.79 Å². The van der Waals surface area contributed by atoms with E-state index in [-0.39, 0.29) is 0 Å². The summed E-state index contributed by atoms with van der Waals surface area (Å²) in [6.45, 7) is 0. The van der Waals surface area contributed by atoms with E-state index in [4.69, 9.17) is 11.6 Å². The molecule has 1 aliphatic carbocycles. The first-order valence-electron chi connectivity index (χ1n) is 4.90. The van der Waals surface area contributed by atoms with Crippen LogP contribution in [0.4, 0.5) is 0 Å². The van der Waals surface area contributed by atoms with Crippen LogP contribution in [0.3, 0.4) is 0 Å². The summed E-state index contributed by atoms with van der Waals surface area (Å²) in [7, 11) is 0. The fraction of sp³-hybridized carbons (Fsp3) is 0.889. The summed E-state index contributed by atoms with van der Waals surface area (Å²) < 4.78 is 0. The highest BCUT2D eigenvalue weighted by Crippen LogP contribution is 2.26. The molecule has 0 aromatic rings. The third-order valence-corrected chi connectivity index (χ3v) is 2.73. The molecule has 0 saturated heterocycles. The number of hydrogen-bond donors (Lipinski definition) is 2. The van der Waals surface area contributed by atoms with Gasteiger partial charge in [0.15, 0.2) is 0 Å². The molecule has 1 unspecified atom stereocenters. The highest BCUT2D eigenvalue weighted by Gasteiger charge is 2.21. The van der Waals surface area contributed by atoms with Gasteiger partial charge in [0, 0.05) is 0 Å². The van der Waals surface area contributed by atoms with E-state index in [1.54, 1.807) is 0 Å². The maximum absolute atomic E-state index is 10.9. The van der Waals surface area contributed by atoms with Gasteiger partial charge in [0.1, 0.15) is 6.04 Å². The van der Waals surface area contributed by atoms with Gasteiger partial charge in [-0.2, -0.15) is 5.90 Å². The van der Waals surface area contributed by atoms with E-state index in [1.165, 1.54) is 32.1 Å². The molecule has 1 saturated carbocycles. The van der Waals surface area contributed by atoms with Crippen LogP contribution in [0, 0.1) is 5.92 Å². The number of carbonyl (C=O) groups excluding carboxylic acids is 1. The van der Waals surface area contributed by atoms with Gasteiger partial charge >= 0.3 is 5.97 Å². The molecule has 4 nitrogen and oxygen atoms in total. The van der Waals surface area contributed by atoms with Crippen molar-refractivity contribution in [2.45, 2.75) is 44.6 Å². The maximum atomic E-state index is 10.9. The van der Waals surface area contributed by atoms with Gasteiger partial charge in [0.2, 0.25) is 0 Å². The topological polar surface area (TPSA) is 78.3 Å². The molecule has 4 heteroatoms. The van der Waals surface area contributed by atoms with Crippen LogP contribution in [-0.4, -0.2) is 12.0 Å². The van der Waals surface area contributed by atoms with Crippen molar-refractivity contribution < 1.29 is 9.63 Å². The lowest BCUT2D eigenvalue weighted by molar-refractivity contribution is -0.146. The van der Waals surface area contributed by atoms with E-state index in [9.17, 15) is 4.79 Å². The fourth-order valence-corrected chi connectivity index (χ4v) is 1.97. The third-order valence-electron chi connectivity index (χ3n) is 2.73. The molecule has 76 valence electrons. The number of nitrogens with two attached hydrogens (primary N) is 2. The average molecular weight is 186 g/mol. The molecule has 1 rings (SSSR count). The van der Waals surface area contributed by atoms with E-state index in [0.29, 0.717) is 5.92 Å². The Morgan fingerprint density at radius 3 is 2.54 bits per heavy atom. The Bertz CT molecular complexity index is 167. The lowest BCUT2D eigenvalue weighted by atomic mass is 9.85. The second kappa shape index (κ2) is 5.19. The number of carbonyl (C=O) groups is 1. The average Bonchev–Trinajstić information content (AvgIpc) is 2.18. The Hall–Kier alpha value is -0.610. The predicted molar refractivity (Wildman–Crippen MR) is 49.4 cm³/mol. The van der Waals surface area contributed by atoms with Crippen LogP contribution in [0.15, 0.2) is 0 Å². The molecule has 0 aliphatic heterocycles. The Morgan fingerprint density at radius 2 is 2.00 bits per heavy atom. The van der Waals surface area contributed by atoms with Gasteiger partial charge in [0.05, 0.1) is 0 Å². The Labute approximate surface area is 78.6 Å². The molecule has 1 atom stereocenters. The van der Waals surface area contributed by atoms with Gasteiger partial charge in [-0.1, -0.05) is 32.1 Å². The number of rotatable bonds is 3. The van der Waals surface area contributed by atoms with Gasteiger partial charge < -0.3 is 10.6 Å². The van der Waals surface area contributed by atoms with Crippen LogP contribution in [0.5, 0.6) is 0 Å². The highest BCUT2D eigenvalue weighted by molar-refractivity contribution is 5.75. The van der Waals surface area contributed by atoms with Crippen LogP contribution >= 0.6 is 0 Å². The first kappa shape index (κ1) is 10.5. The van der Waals surface area contributed by atoms with Crippen LogP contribution in [0.25, 0.3) is 0 Å². The van der Waals surface area contributed by atoms with Gasteiger partial charge in [0.25, 0.3) is 0 Å². The zero-order valence-electron chi connectivity index (χ0n) is 7.87. The molecule has 1 aliphatic rings. The molecule has 0 radical (unpaired) electrons. The molecule has 0 spiro atoms. The summed E-state index contributed by atoms with van der Waals surface area (Å²) in [6, 6.07) is -0.534. The summed E-state index contributed by atoms with van der Waals surface area (Å²) in [6.07, 6.45) is 6.92. The zero-order valence-corrected chi connectivity index (χ0v) is 7.87. The van der Waals surface area contributed by atoms with Crippen LogP contribution < -0.4 is 11.6 Å². The summed E-state index contributed by atoms with van der Waals surface area (Å²) in [4.78, 5) is 15.0. The van der Waals surface area contributed by atoms with Crippen molar-refractivity contribution in [2.24, 2.45) is 17.5 Å². The minimum Gasteiger partial charge on any atom is -0.372 e. The summed E-state index contributed by atoms with van der Waals surface area (Å²) in [5, 5.41) is 0. The van der Waals surface area contributed by atoms with Crippen LogP contribution in [-0.2, 0) is 9.63 Å². The van der Waals surface area contributed by atoms with E-state index in [2.05, 4.69) is 4.84 Å². The predicted octanol–water partition coefficient (Wildman–Crippen LogP) is 0.701. The minimum absolute atomic E-state index is 0.495. The van der Waals surface area contributed by atoms with Crippen molar-refractivity contribution in [1.29, 1.82) is 0 Å². The second-order valence-corrected chi connectivity index (χ2v) is 3.78. The Kier molecular flexibility index (Phi) is 4.18. The largest absolute Gasteiger partial charge is 0.372 e. The second-order valence-electron chi connectivity index (χ2n) is 3.78. The van der Waals surface area contributed by atoms with Crippen molar-refractivity contribution in [3.8, 4) is 0 Å². The molecule has 0 heterocycles. The first-order chi connectivity index (χ1) is 6.24. The fourth-order valence-electron chi connectivity index (χ4n) is 1.97. The molecule has 0 bridgehead atoms. The lowest BCUT2D eigenvalue weighted by Gasteiger charge is -2.23. The molecule has 0 amide bonds. The Morgan fingerprint density at radius 1 is 1.38 bits per heavy atom. The molecular weight excluding hydrogens is 168 g/mol. The molecule has 0 aromatic carbocycles. The van der Waals surface area contributed by atoms with E-state index in [1.807, 2.05) is 0 Å². The third kappa shape index (κ3) is 3.32. The quantitative estimate of drug-likeness (QED) is 0.636. The molecule has 13 heavy (non-hydrogen) atoms. The summed E-state index contributed by atoms with van der Waals surface area (Å²) >= 11 is 0. The van der Waals surface area contributed by atoms with Crippen molar-refractivity contribution in [3.63, 3.8) is 0 Å². The minimum atomic E-state index is -0.534. The van der Waals surface area contributed by atoms with Crippen LogP contribution in [0.2, 0.25) is 0 Å². The molecular formula is C9H18N2O2. The zero-order chi connectivity index (χ0) is 9.68. The van der Waals surface area contributed by atoms with E-state index in [0.717, 1.165) is 6.42 Å². The van der Waals surface area contributed by atoms with Gasteiger partial charge in [-0.05, 0) is 12.3 Å². The van der Waals surface area contributed by atoms with Gasteiger partial charge in [-0.15, -0.1) is 0 Å². The SMILES string of the molecule is NOC(=O)C(N)CC1CCCCC1. The van der Waals surface area contributed by atoms with Crippen molar-refractivity contribution in [3.05, 3.63) is 0 Å². The maximum Gasteiger partial charge on any atom is 0.341 e. The van der Waals surface area contributed by atoms with Gasteiger partial charge in [-0.3, -0.25) is 0 Å². The van der Waals surface area contributed by atoms with Crippen LogP contribution in [0.1, 0.15) is 38.5 Å². The summed E-state index contributed by atoms with van der Waals surface area (Å²) in [5.41, 5.74) is 5.60. The normalized spacial score (nSPS) is 21.1. The van der Waals surface area contributed by atoms with Crippen molar-refractivity contribution >= 4 is 5.97 Å². The molecule has 1 fully saturated rings. The van der Waals surface area contributed by atoms with Crippen molar-refractivity contribution in [1.82, 2.24) is 0 Å². The monoisotopic (exact) mass is 186 g/mol. The molecule has 0 aromatic heterocycles. The Balaban J connectivity index is 2.25. The summed E-state index contributed by atoms with van der Waals surface area (Å²) in [5.74, 6) is 4.84. The molecule has 4 N–H and O–H groups in total. The van der Waals surface area contributed by atoms with Crippen molar-refractivity contribution in [2.75, 3.05) is 0 Å². The highest BCUT2D eigenvalue weighted by atomic mass is 16.7. The lowest BCUT2D eigenvalue weighted by Crippen LogP contribution is -2.36. The van der Waals surface area contributed by atoms with E-state index >= 15 is 0 Å². The smallest absolute Gasteiger partial charge is 0.341 e.